The van der Waals surface area contributed by atoms with Crippen LogP contribution in [0, 0.1) is 5.82 Å². The van der Waals surface area contributed by atoms with E-state index in [0.717, 1.165) is 12.0 Å². The number of methoxy groups -OCH3 is 1. The fraction of sp³-hybridized carbons (Fsp3) is 0.533. The third-order valence-corrected chi connectivity index (χ3v) is 3.26. The Morgan fingerprint density at radius 1 is 1.43 bits per heavy atom. The van der Waals surface area contributed by atoms with Gasteiger partial charge in [0.25, 0.3) is 0 Å². The predicted molar refractivity (Wildman–Crippen MR) is 83.9 cm³/mol. The van der Waals surface area contributed by atoms with Crippen LogP contribution in [-0.2, 0) is 9.53 Å². The highest BCUT2D eigenvalue weighted by Crippen LogP contribution is 2.17. The molecule has 4 nitrogen and oxygen atoms in total. The number of hydrogen-bond acceptors (Lipinski definition) is 3. The number of benzene rings is 1. The number of nitrogens with one attached hydrogen (secondary N) is 1. The summed E-state index contributed by atoms with van der Waals surface area (Å²) in [6, 6.07) is 6.02. The molecule has 120 valence electrons. The largest absolute Gasteiger partial charge is 0.375 e. The molecule has 0 fully saturated rings. The molecule has 21 heavy (non-hydrogen) atoms. The zero-order valence-electron chi connectivity index (χ0n) is 12.7. The zero-order valence-corrected chi connectivity index (χ0v) is 13.5. The molecule has 0 saturated heterocycles. The maximum atomic E-state index is 12.9. The van der Waals surface area contributed by atoms with Gasteiger partial charge in [0, 0.05) is 13.7 Å². The van der Waals surface area contributed by atoms with E-state index in [1.807, 2.05) is 6.92 Å². The van der Waals surface area contributed by atoms with E-state index in [2.05, 4.69) is 5.32 Å². The lowest BCUT2D eigenvalue weighted by Crippen LogP contribution is -2.52. The van der Waals surface area contributed by atoms with Crippen molar-refractivity contribution in [1.29, 1.82) is 0 Å². The Balaban J connectivity index is 0.00000400. The van der Waals surface area contributed by atoms with Gasteiger partial charge in [-0.2, -0.15) is 0 Å². The van der Waals surface area contributed by atoms with E-state index in [9.17, 15) is 9.18 Å². The molecule has 2 unspecified atom stereocenters. The molecule has 0 aromatic heterocycles. The summed E-state index contributed by atoms with van der Waals surface area (Å²) in [4.78, 5) is 12.0. The van der Waals surface area contributed by atoms with E-state index in [0.29, 0.717) is 13.0 Å². The fourth-order valence-electron chi connectivity index (χ4n) is 2.03. The first kappa shape index (κ1) is 19.8. The minimum Gasteiger partial charge on any atom is -0.375 e. The SMILES string of the molecule is CCCC(C)(N)C(=O)NCC(OC)c1ccc(F)cc1.Cl. The summed E-state index contributed by atoms with van der Waals surface area (Å²) in [7, 11) is 1.55. The molecule has 3 N–H and O–H groups in total. The fourth-order valence-corrected chi connectivity index (χ4v) is 2.03. The van der Waals surface area contributed by atoms with Gasteiger partial charge in [-0.15, -0.1) is 12.4 Å². The molecular formula is C15H24ClFN2O2. The van der Waals surface area contributed by atoms with E-state index in [4.69, 9.17) is 10.5 Å². The normalized spacial score (nSPS) is 14.7. The summed E-state index contributed by atoms with van der Waals surface area (Å²) in [5.74, 6) is -0.506. The Morgan fingerprint density at radius 3 is 2.48 bits per heavy atom. The topological polar surface area (TPSA) is 64.4 Å². The second-order valence-corrected chi connectivity index (χ2v) is 5.15. The van der Waals surface area contributed by atoms with E-state index in [1.54, 1.807) is 26.2 Å². The van der Waals surface area contributed by atoms with Gasteiger partial charge in [-0.25, -0.2) is 4.39 Å². The molecule has 1 aromatic rings. The van der Waals surface area contributed by atoms with Crippen molar-refractivity contribution >= 4 is 18.3 Å². The van der Waals surface area contributed by atoms with Crippen molar-refractivity contribution < 1.29 is 13.9 Å². The minimum atomic E-state index is -0.879. The first-order chi connectivity index (χ1) is 9.40. The van der Waals surface area contributed by atoms with Gasteiger partial charge in [0.2, 0.25) is 5.91 Å². The molecule has 0 radical (unpaired) electrons. The summed E-state index contributed by atoms with van der Waals surface area (Å²) in [6.07, 6.45) is 1.14. The van der Waals surface area contributed by atoms with Crippen molar-refractivity contribution in [2.45, 2.75) is 38.3 Å². The van der Waals surface area contributed by atoms with E-state index < -0.39 is 5.54 Å². The van der Waals surface area contributed by atoms with Gasteiger partial charge in [0.15, 0.2) is 0 Å². The average Bonchev–Trinajstić information content (AvgIpc) is 2.41. The number of carbonyl (C=O) groups excluding carboxylic acids is 1. The van der Waals surface area contributed by atoms with Crippen LogP contribution in [-0.4, -0.2) is 25.1 Å². The number of carbonyl (C=O) groups is 1. The molecule has 1 aromatic carbocycles. The monoisotopic (exact) mass is 318 g/mol. The molecule has 2 atom stereocenters. The second-order valence-electron chi connectivity index (χ2n) is 5.15. The molecule has 1 rings (SSSR count). The Morgan fingerprint density at radius 2 is 2.00 bits per heavy atom. The maximum absolute atomic E-state index is 12.9. The van der Waals surface area contributed by atoms with E-state index in [1.165, 1.54) is 12.1 Å². The van der Waals surface area contributed by atoms with Crippen LogP contribution in [0.1, 0.15) is 38.4 Å². The van der Waals surface area contributed by atoms with Crippen molar-refractivity contribution in [2.24, 2.45) is 5.73 Å². The predicted octanol–water partition coefficient (Wildman–Crippen LogP) is 2.57. The Hall–Kier alpha value is -1.17. The highest BCUT2D eigenvalue weighted by Gasteiger charge is 2.27. The van der Waals surface area contributed by atoms with Gasteiger partial charge in [-0.1, -0.05) is 25.5 Å². The van der Waals surface area contributed by atoms with Gasteiger partial charge < -0.3 is 15.8 Å². The van der Waals surface area contributed by atoms with Crippen LogP contribution in [0.3, 0.4) is 0 Å². The van der Waals surface area contributed by atoms with Crippen LogP contribution in [0.25, 0.3) is 0 Å². The van der Waals surface area contributed by atoms with Crippen LogP contribution in [0.2, 0.25) is 0 Å². The van der Waals surface area contributed by atoms with E-state index >= 15 is 0 Å². The number of nitrogens with two attached hydrogens (primary N) is 1. The Labute approximate surface area is 131 Å². The quantitative estimate of drug-likeness (QED) is 0.812. The van der Waals surface area contributed by atoms with Crippen LogP contribution >= 0.6 is 12.4 Å². The molecule has 6 heteroatoms. The lowest BCUT2D eigenvalue weighted by Gasteiger charge is -2.24. The summed E-state index contributed by atoms with van der Waals surface area (Å²) < 4.78 is 18.2. The standard InChI is InChI=1S/C15H23FN2O2.ClH/c1-4-9-15(2,17)14(19)18-10-13(20-3)11-5-7-12(16)8-6-11;/h5-8,13H,4,9-10,17H2,1-3H3,(H,18,19);1H. The van der Waals surface area contributed by atoms with Crippen molar-refractivity contribution in [1.82, 2.24) is 5.32 Å². The second kappa shape index (κ2) is 8.97. The molecule has 0 bridgehead atoms. The van der Waals surface area contributed by atoms with E-state index in [-0.39, 0.29) is 30.2 Å². The third kappa shape index (κ3) is 5.99. The van der Waals surface area contributed by atoms with Gasteiger partial charge in [0.1, 0.15) is 5.82 Å². The Bertz CT molecular complexity index is 438. The summed E-state index contributed by atoms with van der Waals surface area (Å²) in [6.45, 7) is 4.00. The Kier molecular flexibility index (Phi) is 8.47. The highest BCUT2D eigenvalue weighted by molar-refractivity contribution is 5.85. The van der Waals surface area contributed by atoms with Crippen LogP contribution in [0.5, 0.6) is 0 Å². The molecular weight excluding hydrogens is 295 g/mol. The van der Waals surface area contributed by atoms with Crippen molar-refractivity contribution in [3.05, 3.63) is 35.6 Å². The van der Waals surface area contributed by atoms with Crippen LogP contribution in [0.4, 0.5) is 4.39 Å². The summed E-state index contributed by atoms with van der Waals surface area (Å²) in [5.41, 5.74) is 5.88. The number of hydrogen-bond donors (Lipinski definition) is 2. The maximum Gasteiger partial charge on any atom is 0.239 e. The van der Waals surface area contributed by atoms with Crippen molar-refractivity contribution in [2.75, 3.05) is 13.7 Å². The lowest BCUT2D eigenvalue weighted by atomic mass is 9.96. The molecule has 0 aliphatic heterocycles. The third-order valence-electron chi connectivity index (χ3n) is 3.26. The van der Waals surface area contributed by atoms with Crippen molar-refractivity contribution in [3.63, 3.8) is 0 Å². The molecule has 0 aliphatic carbocycles. The molecule has 0 aliphatic rings. The lowest BCUT2D eigenvalue weighted by molar-refractivity contribution is -0.126. The molecule has 0 heterocycles. The molecule has 1 amide bonds. The number of halogens is 2. The first-order valence-corrected chi connectivity index (χ1v) is 6.76. The van der Waals surface area contributed by atoms with Gasteiger partial charge in [-0.3, -0.25) is 4.79 Å². The van der Waals surface area contributed by atoms with Crippen LogP contribution in [0.15, 0.2) is 24.3 Å². The molecule has 0 saturated carbocycles. The van der Waals surface area contributed by atoms with Crippen molar-refractivity contribution in [3.8, 4) is 0 Å². The minimum absolute atomic E-state index is 0. The van der Waals surface area contributed by atoms with Gasteiger partial charge in [0.05, 0.1) is 11.6 Å². The van der Waals surface area contributed by atoms with Gasteiger partial charge in [-0.05, 0) is 31.0 Å². The zero-order chi connectivity index (χ0) is 15.2. The van der Waals surface area contributed by atoms with Gasteiger partial charge >= 0.3 is 0 Å². The smallest absolute Gasteiger partial charge is 0.239 e. The number of ether oxygens (including phenoxy) is 1. The average molecular weight is 319 g/mol. The summed E-state index contributed by atoms with van der Waals surface area (Å²) >= 11 is 0. The first-order valence-electron chi connectivity index (χ1n) is 6.76. The summed E-state index contributed by atoms with van der Waals surface area (Å²) in [5, 5.41) is 2.79. The van der Waals surface area contributed by atoms with Crippen LogP contribution < -0.4 is 11.1 Å². The highest BCUT2D eigenvalue weighted by atomic mass is 35.5. The number of amides is 1. The molecule has 0 spiro atoms. The number of rotatable bonds is 7.